The number of amides is 4. The lowest BCUT2D eigenvalue weighted by atomic mass is 10.2. The highest BCUT2D eigenvalue weighted by Gasteiger charge is 2.24. The predicted octanol–water partition coefficient (Wildman–Crippen LogP) is 9.02. The molecule has 0 aliphatic heterocycles. The fourth-order valence-electron chi connectivity index (χ4n) is 5.21. The number of aromatic nitrogens is 2. The molecule has 2 aromatic heterocycles. The van der Waals surface area contributed by atoms with Crippen molar-refractivity contribution in [2.75, 3.05) is 41.6 Å². The van der Waals surface area contributed by atoms with Crippen LogP contribution in [0.1, 0.15) is 16.7 Å². The summed E-state index contributed by atoms with van der Waals surface area (Å²) in [4.78, 5) is 36.9. The summed E-state index contributed by atoms with van der Waals surface area (Å²) in [6, 6.07) is 19.9. The number of nitrogens with zero attached hydrogens (tertiary/aromatic N) is 7. The van der Waals surface area contributed by atoms with Gasteiger partial charge in [-0.15, -0.1) is 0 Å². The van der Waals surface area contributed by atoms with Crippen LogP contribution in [0, 0.1) is 34.3 Å². The molecule has 0 saturated carbocycles. The second-order valence-electron chi connectivity index (χ2n) is 12.3. The number of carbonyl (C=O) groups excluding carboxylic acids is 2. The maximum absolute atomic E-state index is 13.8. The van der Waals surface area contributed by atoms with E-state index in [2.05, 4.69) is 20.6 Å². The number of thiazole rings is 2. The molecular formula is C38H28ClF2N9O6S3. The Kier molecular flexibility index (Phi) is 12.7. The molecule has 0 radical (unpaired) electrons. The van der Waals surface area contributed by atoms with E-state index in [-0.39, 0.29) is 65.2 Å². The third-order valence-electron chi connectivity index (χ3n) is 8.09. The van der Waals surface area contributed by atoms with E-state index >= 15 is 0 Å². The Morgan fingerprint density at radius 2 is 1.29 bits per heavy atom. The summed E-state index contributed by atoms with van der Waals surface area (Å²) in [7, 11) is 0.152. The number of ether oxygens (including phenoxy) is 2. The van der Waals surface area contributed by atoms with Crippen LogP contribution < -0.4 is 29.9 Å². The van der Waals surface area contributed by atoms with Crippen molar-refractivity contribution in [1.82, 2.24) is 14.3 Å². The smallest absolute Gasteiger partial charge is 0.327 e. The van der Waals surface area contributed by atoms with Crippen molar-refractivity contribution in [3.05, 3.63) is 125 Å². The van der Waals surface area contributed by atoms with Gasteiger partial charge in [0.25, 0.3) is 0 Å². The van der Waals surface area contributed by atoms with Crippen molar-refractivity contribution in [2.24, 2.45) is 0 Å². The van der Waals surface area contributed by atoms with Crippen molar-refractivity contribution in [1.29, 1.82) is 10.5 Å². The molecule has 59 heavy (non-hydrogen) atoms. The number of sulfonamides is 1. The fraction of sp³-hybridized carbons (Fsp3) is 0.105. The number of urea groups is 2. The first kappa shape index (κ1) is 41.9. The first-order valence-electron chi connectivity index (χ1n) is 16.7. The number of carbonyl (C=O) groups is 2. The zero-order chi connectivity index (χ0) is 42.4. The molecule has 0 aliphatic rings. The maximum Gasteiger partial charge on any atom is 0.327 e. The van der Waals surface area contributed by atoms with E-state index in [9.17, 15) is 26.8 Å². The largest absolute Gasteiger partial charge is 0.445 e. The van der Waals surface area contributed by atoms with Crippen LogP contribution in [0.2, 0.25) is 5.02 Å². The molecule has 2 N–H and O–H groups in total. The Labute approximate surface area is 348 Å². The number of nitrogens with one attached hydrogen (secondary N) is 2. The van der Waals surface area contributed by atoms with Gasteiger partial charge in [0.15, 0.2) is 10.3 Å². The van der Waals surface area contributed by atoms with E-state index in [1.54, 1.807) is 18.2 Å². The summed E-state index contributed by atoms with van der Waals surface area (Å²) >= 11 is 8.32. The highest BCUT2D eigenvalue weighted by molar-refractivity contribution is 7.89. The molecule has 15 nitrogen and oxygen atoms in total. The topological polar surface area (TPSA) is 194 Å². The lowest BCUT2D eigenvalue weighted by Crippen LogP contribution is -2.32. The molecule has 0 bridgehead atoms. The van der Waals surface area contributed by atoms with E-state index in [4.69, 9.17) is 31.6 Å². The highest BCUT2D eigenvalue weighted by atomic mass is 35.5. The normalized spacial score (nSPS) is 11.0. The fourth-order valence-corrected chi connectivity index (χ4v) is 8.02. The predicted molar refractivity (Wildman–Crippen MR) is 218 cm³/mol. The van der Waals surface area contributed by atoms with E-state index in [0.717, 1.165) is 51.2 Å². The molecule has 6 rings (SSSR count). The second kappa shape index (κ2) is 17.9. The summed E-state index contributed by atoms with van der Waals surface area (Å²) in [5.74, 6) is -1.15. The monoisotopic (exact) mass is 875 g/mol. The van der Waals surface area contributed by atoms with Crippen molar-refractivity contribution < 1.29 is 36.3 Å². The van der Waals surface area contributed by atoms with Gasteiger partial charge in [-0.1, -0.05) is 40.3 Å². The van der Waals surface area contributed by atoms with Crippen molar-refractivity contribution in [3.8, 4) is 33.8 Å². The van der Waals surface area contributed by atoms with E-state index in [1.165, 1.54) is 79.7 Å². The van der Waals surface area contributed by atoms with Crippen LogP contribution in [-0.4, -0.2) is 55.9 Å². The summed E-state index contributed by atoms with van der Waals surface area (Å²) in [6.07, 6.45) is 2.64. The first-order valence-corrected chi connectivity index (χ1v) is 20.2. The van der Waals surface area contributed by atoms with Crippen molar-refractivity contribution in [3.63, 3.8) is 0 Å². The number of benzene rings is 4. The van der Waals surface area contributed by atoms with E-state index < -0.39 is 33.7 Å². The molecule has 21 heteroatoms. The number of hydrogen-bond donors (Lipinski definition) is 2. The number of hydrogen-bond acceptors (Lipinski definition) is 12. The molecule has 0 aliphatic carbocycles. The van der Waals surface area contributed by atoms with E-state index in [1.807, 2.05) is 12.1 Å². The van der Waals surface area contributed by atoms with Gasteiger partial charge in [0, 0.05) is 56.2 Å². The Morgan fingerprint density at radius 3 is 1.81 bits per heavy atom. The average Bonchev–Trinajstić information content (AvgIpc) is 3.84. The molecule has 0 atom stereocenters. The molecule has 4 amide bonds. The minimum Gasteiger partial charge on any atom is -0.445 e. The van der Waals surface area contributed by atoms with Crippen LogP contribution in [0.5, 0.6) is 21.6 Å². The molecule has 0 unspecified atom stereocenters. The van der Waals surface area contributed by atoms with Gasteiger partial charge in [0.2, 0.25) is 20.1 Å². The number of anilines is 4. The van der Waals surface area contributed by atoms with Crippen LogP contribution in [0.4, 0.5) is 40.0 Å². The van der Waals surface area contributed by atoms with Crippen LogP contribution in [0.25, 0.3) is 0 Å². The van der Waals surface area contributed by atoms with Crippen LogP contribution in [0.15, 0.2) is 96.2 Å². The first-order chi connectivity index (χ1) is 28.1. The van der Waals surface area contributed by atoms with Crippen LogP contribution >= 0.6 is 34.3 Å². The number of halogens is 3. The standard InChI is InChI=1S/C38H28ClF2N9O6S3/c1-48(21-24-7-25(39)13-29(10-24)50(3)38(52)47-36-45-20-34(58-36)56-31-12-23(18-43)9-27(41)15-31)59(53,54)32-6-4-5-28(16-32)49(2)37(51)46-35-44-19-33(57-35)55-30-11-22(17-42)8-26(40)14-30/h4-16,19-20H,21H2,1-3H3,(H,44,46,51)(H,45,47,52). The molecule has 0 saturated heterocycles. The quantitative estimate of drug-likeness (QED) is 0.120. The third-order valence-corrected chi connectivity index (χ3v) is 11.7. The molecule has 2 heterocycles. The Hall–Kier alpha value is -6.68. The summed E-state index contributed by atoms with van der Waals surface area (Å²) < 4.78 is 67.4. The van der Waals surface area contributed by atoms with Crippen LogP contribution in [0.3, 0.4) is 0 Å². The van der Waals surface area contributed by atoms with Gasteiger partial charge >= 0.3 is 12.1 Å². The molecule has 300 valence electrons. The summed E-state index contributed by atoms with van der Waals surface area (Å²) in [5, 5.41) is 24.4. The second-order valence-corrected chi connectivity index (χ2v) is 16.8. The van der Waals surface area contributed by atoms with Gasteiger partial charge in [0.1, 0.15) is 23.1 Å². The van der Waals surface area contributed by atoms with Gasteiger partial charge < -0.3 is 9.47 Å². The molecule has 0 spiro atoms. The molecule has 4 aromatic carbocycles. The Balaban J connectivity index is 1.08. The summed E-state index contributed by atoms with van der Waals surface area (Å²) in [5.41, 5.74) is 1.18. The van der Waals surface area contributed by atoms with Gasteiger partial charge in [0.05, 0.1) is 40.6 Å². The van der Waals surface area contributed by atoms with Crippen molar-refractivity contribution >= 4 is 78.0 Å². The maximum atomic E-state index is 13.8. The lowest BCUT2D eigenvalue weighted by molar-refractivity contribution is 0.257. The zero-order valence-electron chi connectivity index (χ0n) is 30.8. The van der Waals surface area contributed by atoms with Gasteiger partial charge in [-0.25, -0.2) is 36.8 Å². The summed E-state index contributed by atoms with van der Waals surface area (Å²) in [6.45, 7) is -0.144. The minimum atomic E-state index is -4.13. The molecular weight excluding hydrogens is 848 g/mol. The molecule has 0 fully saturated rings. The third kappa shape index (κ3) is 10.4. The lowest BCUT2D eigenvalue weighted by Gasteiger charge is -2.22. The minimum absolute atomic E-state index is 0.0685. The Bertz CT molecular complexity index is 2770. The Morgan fingerprint density at radius 1 is 0.763 bits per heavy atom. The number of nitriles is 2. The molecule has 6 aromatic rings. The van der Waals surface area contributed by atoms with Crippen molar-refractivity contribution in [2.45, 2.75) is 11.4 Å². The highest BCUT2D eigenvalue weighted by Crippen LogP contribution is 2.34. The zero-order valence-corrected chi connectivity index (χ0v) is 34.0. The SMILES string of the molecule is CN(C(=O)Nc1ncc(Oc2cc(F)cc(C#N)c2)s1)c1cc(Cl)cc(CN(C)S(=O)(=O)c2cccc(N(C)C(=O)Nc3ncc(Oc4cc(F)cc(C#N)c4)s3)c2)c1. The number of rotatable bonds is 12. The van der Waals surface area contributed by atoms with Crippen LogP contribution in [-0.2, 0) is 16.6 Å². The van der Waals surface area contributed by atoms with E-state index in [0.29, 0.717) is 11.3 Å². The van der Waals surface area contributed by atoms with Gasteiger partial charge in [-0.2, -0.15) is 14.8 Å². The average molecular weight is 876 g/mol. The van der Waals surface area contributed by atoms with Gasteiger partial charge in [-0.05, 0) is 66.2 Å². The van der Waals surface area contributed by atoms with Gasteiger partial charge in [-0.3, -0.25) is 20.4 Å².